The number of methoxy groups -OCH3 is 1. The number of carbonyl (C=O) groups excluding carboxylic acids is 1. The Balaban J connectivity index is 1.54. The van der Waals surface area contributed by atoms with Gasteiger partial charge in [0.2, 0.25) is 5.91 Å². The maximum Gasteiger partial charge on any atom is 0.227 e. The number of likely N-dealkylation sites (tertiary alicyclic amines) is 1. The molecule has 0 unspecified atom stereocenters. The molecule has 7 heteroatoms. The highest BCUT2D eigenvalue weighted by molar-refractivity contribution is 5.79. The average Bonchev–Trinajstić information content (AvgIpc) is 2.84. The van der Waals surface area contributed by atoms with Crippen molar-refractivity contribution >= 4 is 11.7 Å². The third-order valence-corrected chi connectivity index (χ3v) is 5.89. The highest BCUT2D eigenvalue weighted by atomic mass is 16.5. The van der Waals surface area contributed by atoms with Gasteiger partial charge < -0.3 is 15.0 Å². The van der Waals surface area contributed by atoms with Gasteiger partial charge in [0.05, 0.1) is 19.2 Å². The number of benzene rings is 1. The first-order valence-corrected chi connectivity index (χ1v) is 11.0. The van der Waals surface area contributed by atoms with E-state index >= 15 is 0 Å². The summed E-state index contributed by atoms with van der Waals surface area (Å²) in [5.74, 6) is 2.45. The predicted molar refractivity (Wildman–Crippen MR) is 125 cm³/mol. The summed E-state index contributed by atoms with van der Waals surface area (Å²) in [4.78, 5) is 28.7. The Kier molecular flexibility index (Phi) is 6.63. The molecule has 166 valence electrons. The zero-order valence-corrected chi connectivity index (χ0v) is 18.8. The van der Waals surface area contributed by atoms with Crippen LogP contribution >= 0.6 is 0 Å². The molecule has 2 aromatic heterocycles. The largest absolute Gasteiger partial charge is 0.496 e. The van der Waals surface area contributed by atoms with Crippen LogP contribution in [0.5, 0.6) is 5.75 Å². The summed E-state index contributed by atoms with van der Waals surface area (Å²) in [6.45, 7) is 3.45. The van der Waals surface area contributed by atoms with Crippen LogP contribution in [0.1, 0.15) is 35.6 Å². The Morgan fingerprint density at radius 3 is 2.88 bits per heavy atom. The molecule has 1 atom stereocenters. The fraction of sp³-hybridized carbons (Fsp3) is 0.360. The number of rotatable bonds is 6. The topological polar surface area (TPSA) is 80.2 Å². The van der Waals surface area contributed by atoms with Gasteiger partial charge in [0.15, 0.2) is 5.82 Å². The fourth-order valence-electron chi connectivity index (χ4n) is 4.19. The number of aryl methyl sites for hydroxylation is 1. The number of hydrogen-bond acceptors (Lipinski definition) is 6. The van der Waals surface area contributed by atoms with E-state index in [0.29, 0.717) is 18.8 Å². The van der Waals surface area contributed by atoms with Crippen molar-refractivity contribution in [1.29, 1.82) is 0 Å². The van der Waals surface area contributed by atoms with Crippen molar-refractivity contribution in [2.75, 3.05) is 32.6 Å². The van der Waals surface area contributed by atoms with Gasteiger partial charge in [0, 0.05) is 55.6 Å². The molecule has 0 aliphatic carbocycles. The predicted octanol–water partition coefficient (Wildman–Crippen LogP) is 3.85. The molecule has 1 saturated heterocycles. The number of anilines is 1. The van der Waals surface area contributed by atoms with E-state index in [1.54, 1.807) is 19.5 Å². The third-order valence-electron chi connectivity index (χ3n) is 5.89. The van der Waals surface area contributed by atoms with Gasteiger partial charge in [-0.25, -0.2) is 9.97 Å². The van der Waals surface area contributed by atoms with Gasteiger partial charge in [-0.2, -0.15) is 0 Å². The number of carbonyl (C=O) groups is 1. The van der Waals surface area contributed by atoms with E-state index in [1.165, 1.54) is 0 Å². The number of aromatic nitrogens is 3. The summed E-state index contributed by atoms with van der Waals surface area (Å²) in [5, 5.41) is 3.14. The summed E-state index contributed by atoms with van der Waals surface area (Å²) >= 11 is 0. The molecule has 0 radical (unpaired) electrons. The molecule has 1 amide bonds. The normalized spacial score (nSPS) is 16.0. The SMILES string of the molecule is CNc1cc([C@H]2CCCN(C(=O)Cc3cc(C)ccc3OC)C2)nc(-c2cccnc2)n1. The van der Waals surface area contributed by atoms with Gasteiger partial charge in [0.25, 0.3) is 0 Å². The molecule has 1 aliphatic heterocycles. The van der Waals surface area contributed by atoms with Crippen LogP contribution in [-0.2, 0) is 11.2 Å². The van der Waals surface area contributed by atoms with Gasteiger partial charge in [-0.15, -0.1) is 0 Å². The fourth-order valence-corrected chi connectivity index (χ4v) is 4.19. The smallest absolute Gasteiger partial charge is 0.227 e. The van der Waals surface area contributed by atoms with E-state index in [1.807, 2.05) is 55.3 Å². The summed E-state index contributed by atoms with van der Waals surface area (Å²) in [5.41, 5.74) is 3.88. The van der Waals surface area contributed by atoms with Gasteiger partial charge in [-0.3, -0.25) is 9.78 Å². The Hall–Kier alpha value is -3.48. The number of hydrogen-bond donors (Lipinski definition) is 1. The van der Waals surface area contributed by atoms with E-state index in [2.05, 4.69) is 15.3 Å². The Morgan fingerprint density at radius 2 is 2.12 bits per heavy atom. The highest BCUT2D eigenvalue weighted by Crippen LogP contribution is 2.29. The summed E-state index contributed by atoms with van der Waals surface area (Å²) < 4.78 is 5.46. The molecule has 3 heterocycles. The average molecular weight is 432 g/mol. The first-order valence-electron chi connectivity index (χ1n) is 11.0. The molecular weight excluding hydrogens is 402 g/mol. The summed E-state index contributed by atoms with van der Waals surface area (Å²) in [6, 6.07) is 11.8. The highest BCUT2D eigenvalue weighted by Gasteiger charge is 2.27. The van der Waals surface area contributed by atoms with Gasteiger partial charge in [-0.1, -0.05) is 17.7 Å². The van der Waals surface area contributed by atoms with E-state index in [-0.39, 0.29) is 11.8 Å². The molecule has 1 aromatic carbocycles. The zero-order chi connectivity index (χ0) is 22.5. The molecule has 1 N–H and O–H groups in total. The van der Waals surface area contributed by atoms with E-state index < -0.39 is 0 Å². The Morgan fingerprint density at radius 1 is 1.25 bits per heavy atom. The zero-order valence-electron chi connectivity index (χ0n) is 18.8. The van der Waals surface area contributed by atoms with Crippen molar-refractivity contribution in [3.8, 4) is 17.1 Å². The molecule has 0 bridgehead atoms. The molecule has 1 fully saturated rings. The molecule has 3 aromatic rings. The number of piperidine rings is 1. The molecule has 4 rings (SSSR count). The van der Waals surface area contributed by atoms with Crippen molar-refractivity contribution in [1.82, 2.24) is 19.9 Å². The maximum absolute atomic E-state index is 13.2. The molecule has 0 spiro atoms. The lowest BCUT2D eigenvalue weighted by Crippen LogP contribution is -2.40. The van der Waals surface area contributed by atoms with E-state index in [4.69, 9.17) is 9.72 Å². The first kappa shape index (κ1) is 21.7. The van der Waals surface area contributed by atoms with E-state index in [0.717, 1.165) is 53.3 Å². The van der Waals surface area contributed by atoms with Crippen LogP contribution in [0, 0.1) is 6.92 Å². The van der Waals surface area contributed by atoms with Crippen molar-refractivity contribution < 1.29 is 9.53 Å². The lowest BCUT2D eigenvalue weighted by molar-refractivity contribution is -0.131. The third kappa shape index (κ3) is 4.88. The van der Waals surface area contributed by atoms with Crippen LogP contribution in [0.4, 0.5) is 5.82 Å². The number of ether oxygens (including phenoxy) is 1. The molecular formula is C25H29N5O2. The van der Waals surface area contributed by atoms with Crippen LogP contribution in [-0.4, -0.2) is 53.0 Å². The second kappa shape index (κ2) is 9.77. The van der Waals surface area contributed by atoms with Gasteiger partial charge in [-0.05, 0) is 38.0 Å². The quantitative estimate of drug-likeness (QED) is 0.639. The number of pyridine rings is 1. The van der Waals surface area contributed by atoms with Crippen molar-refractivity contribution in [2.24, 2.45) is 0 Å². The van der Waals surface area contributed by atoms with Gasteiger partial charge in [0.1, 0.15) is 11.6 Å². The molecule has 0 saturated carbocycles. The number of nitrogens with zero attached hydrogens (tertiary/aromatic N) is 4. The van der Waals surface area contributed by atoms with Crippen molar-refractivity contribution in [3.63, 3.8) is 0 Å². The molecule has 7 nitrogen and oxygen atoms in total. The lowest BCUT2D eigenvalue weighted by atomic mass is 9.93. The monoisotopic (exact) mass is 431 g/mol. The minimum atomic E-state index is 0.119. The minimum Gasteiger partial charge on any atom is -0.496 e. The van der Waals surface area contributed by atoms with Crippen LogP contribution in [0.2, 0.25) is 0 Å². The number of amides is 1. The van der Waals surface area contributed by atoms with Crippen LogP contribution in [0.25, 0.3) is 11.4 Å². The minimum absolute atomic E-state index is 0.119. The Labute approximate surface area is 188 Å². The number of nitrogens with one attached hydrogen (secondary N) is 1. The van der Waals surface area contributed by atoms with Crippen LogP contribution < -0.4 is 10.1 Å². The molecule has 1 aliphatic rings. The first-order chi connectivity index (χ1) is 15.6. The second-order valence-corrected chi connectivity index (χ2v) is 8.16. The van der Waals surface area contributed by atoms with Gasteiger partial charge >= 0.3 is 0 Å². The van der Waals surface area contributed by atoms with Crippen molar-refractivity contribution in [2.45, 2.75) is 32.1 Å². The van der Waals surface area contributed by atoms with Crippen LogP contribution in [0.15, 0.2) is 48.8 Å². The van der Waals surface area contributed by atoms with E-state index in [9.17, 15) is 4.79 Å². The van der Waals surface area contributed by atoms with Crippen molar-refractivity contribution in [3.05, 3.63) is 65.6 Å². The summed E-state index contributed by atoms with van der Waals surface area (Å²) in [6.07, 6.45) is 5.78. The van der Waals surface area contributed by atoms with Crippen LogP contribution in [0.3, 0.4) is 0 Å². The maximum atomic E-state index is 13.2. The Bertz CT molecular complexity index is 1090. The molecule has 32 heavy (non-hydrogen) atoms. The summed E-state index contributed by atoms with van der Waals surface area (Å²) in [7, 11) is 3.49. The standard InChI is InChI=1S/C25H29N5O2/c1-17-8-9-22(32-3)20(12-17)13-24(31)30-11-5-7-19(16-30)21-14-23(26-2)29-25(28-21)18-6-4-10-27-15-18/h4,6,8-10,12,14-15,19H,5,7,11,13,16H2,1-3H3,(H,26,28,29)/t19-/m0/s1. The second-order valence-electron chi connectivity index (χ2n) is 8.16. The lowest BCUT2D eigenvalue weighted by Gasteiger charge is -2.33.